The lowest BCUT2D eigenvalue weighted by molar-refractivity contribution is 0.0717. The van der Waals surface area contributed by atoms with Gasteiger partial charge in [0.15, 0.2) is 0 Å². The summed E-state index contributed by atoms with van der Waals surface area (Å²) in [5.41, 5.74) is 1.18. The molecule has 1 atom stereocenters. The van der Waals surface area contributed by atoms with Crippen LogP contribution >= 0.6 is 27.5 Å². The first-order valence-electron chi connectivity index (χ1n) is 4.14. The minimum atomic E-state index is 0.0990. The van der Waals surface area contributed by atoms with Gasteiger partial charge in [0, 0.05) is 11.2 Å². The van der Waals surface area contributed by atoms with E-state index >= 15 is 0 Å². The van der Waals surface area contributed by atoms with Gasteiger partial charge in [-0.25, -0.2) is 0 Å². The Labute approximate surface area is 92.2 Å². The number of alkyl halides is 2. The van der Waals surface area contributed by atoms with Crippen LogP contribution in [0.5, 0.6) is 0 Å². The summed E-state index contributed by atoms with van der Waals surface area (Å²) in [5.74, 6) is 0.526. The smallest absolute Gasteiger partial charge is 0.0811 e. The second-order valence-electron chi connectivity index (χ2n) is 2.73. The van der Waals surface area contributed by atoms with E-state index in [-0.39, 0.29) is 6.10 Å². The van der Waals surface area contributed by atoms with E-state index in [1.54, 1.807) is 0 Å². The fraction of sp³-hybridized carbons (Fsp3) is 0.400. The lowest BCUT2D eigenvalue weighted by Crippen LogP contribution is -2.15. The van der Waals surface area contributed by atoms with Crippen molar-refractivity contribution < 1.29 is 4.74 Å². The second-order valence-corrected chi connectivity index (χ2v) is 3.68. The number of halogens is 2. The van der Waals surface area contributed by atoms with Gasteiger partial charge in [0.2, 0.25) is 0 Å². The zero-order valence-corrected chi connectivity index (χ0v) is 9.59. The number of rotatable bonds is 5. The molecule has 1 aromatic carbocycles. The molecule has 0 aliphatic carbocycles. The Morgan fingerprint density at radius 3 is 2.54 bits per heavy atom. The molecule has 0 saturated carbocycles. The molecule has 1 aromatic rings. The molecule has 0 fully saturated rings. The van der Waals surface area contributed by atoms with Gasteiger partial charge in [-0.1, -0.05) is 46.3 Å². The third-order valence-corrected chi connectivity index (χ3v) is 2.74. The van der Waals surface area contributed by atoms with Crippen molar-refractivity contribution in [2.75, 3.05) is 11.2 Å². The lowest BCUT2D eigenvalue weighted by Gasteiger charge is -2.11. The molecule has 0 heterocycles. The van der Waals surface area contributed by atoms with Crippen LogP contribution in [0.4, 0.5) is 0 Å². The molecule has 0 bridgehead atoms. The van der Waals surface area contributed by atoms with Gasteiger partial charge < -0.3 is 4.74 Å². The maximum absolute atomic E-state index is 5.68. The zero-order valence-electron chi connectivity index (χ0n) is 7.25. The normalized spacial score (nSPS) is 12.8. The Morgan fingerprint density at radius 1 is 1.31 bits per heavy atom. The molecular formula is C10H12BrClO. The summed E-state index contributed by atoms with van der Waals surface area (Å²) in [6, 6.07) is 10.1. The van der Waals surface area contributed by atoms with Crippen LogP contribution in [0.15, 0.2) is 30.3 Å². The first-order valence-corrected chi connectivity index (χ1v) is 5.80. The van der Waals surface area contributed by atoms with Crippen molar-refractivity contribution >= 4 is 27.5 Å². The molecule has 0 saturated heterocycles. The predicted octanol–water partition coefficient (Wildman–Crippen LogP) is 3.21. The first kappa shape index (κ1) is 11.0. The fourth-order valence-electron chi connectivity index (χ4n) is 0.919. The van der Waals surface area contributed by atoms with Gasteiger partial charge in [-0.3, -0.25) is 0 Å². The molecular weight excluding hydrogens is 251 g/mol. The summed E-state index contributed by atoms with van der Waals surface area (Å²) in [4.78, 5) is 0. The third kappa shape index (κ3) is 4.12. The van der Waals surface area contributed by atoms with Crippen molar-refractivity contribution in [3.63, 3.8) is 0 Å². The lowest BCUT2D eigenvalue weighted by atomic mass is 10.2. The molecule has 0 radical (unpaired) electrons. The van der Waals surface area contributed by atoms with E-state index in [9.17, 15) is 0 Å². The van der Waals surface area contributed by atoms with Crippen molar-refractivity contribution in [1.82, 2.24) is 0 Å². The summed E-state index contributed by atoms with van der Waals surface area (Å²) in [6.07, 6.45) is 0.0990. The molecule has 0 aromatic heterocycles. The van der Waals surface area contributed by atoms with E-state index in [4.69, 9.17) is 16.3 Å². The summed E-state index contributed by atoms with van der Waals surface area (Å²) in [6.45, 7) is 0.629. The molecule has 0 N–H and O–H groups in total. The Kier molecular flexibility index (Phi) is 5.44. The van der Waals surface area contributed by atoms with Crippen LogP contribution in [-0.2, 0) is 11.3 Å². The second kappa shape index (κ2) is 6.41. The molecule has 72 valence electrons. The largest absolute Gasteiger partial charge is 0.371 e. The fourth-order valence-corrected chi connectivity index (χ4v) is 1.80. The Hall–Kier alpha value is -0.0500. The summed E-state index contributed by atoms with van der Waals surface area (Å²) in [7, 11) is 0. The molecule has 13 heavy (non-hydrogen) atoms. The highest BCUT2D eigenvalue weighted by Gasteiger charge is 2.04. The van der Waals surface area contributed by atoms with Gasteiger partial charge in [-0.2, -0.15) is 0 Å². The summed E-state index contributed by atoms with van der Waals surface area (Å²) < 4.78 is 5.55. The SMILES string of the molecule is ClC[C@H](CBr)OCc1ccccc1. The topological polar surface area (TPSA) is 9.23 Å². The van der Waals surface area contributed by atoms with Crippen molar-refractivity contribution in [3.05, 3.63) is 35.9 Å². The average Bonchev–Trinajstić information content (AvgIpc) is 2.21. The highest BCUT2D eigenvalue weighted by atomic mass is 79.9. The van der Waals surface area contributed by atoms with Crippen molar-refractivity contribution in [2.24, 2.45) is 0 Å². The monoisotopic (exact) mass is 262 g/mol. The van der Waals surface area contributed by atoms with Crippen LogP contribution in [-0.4, -0.2) is 17.3 Å². The summed E-state index contributed by atoms with van der Waals surface area (Å²) >= 11 is 9.02. The zero-order chi connectivity index (χ0) is 9.52. The average molecular weight is 264 g/mol. The minimum Gasteiger partial charge on any atom is -0.371 e. The predicted molar refractivity (Wildman–Crippen MR) is 59.5 cm³/mol. The molecule has 0 unspecified atom stereocenters. The van der Waals surface area contributed by atoms with E-state index in [0.29, 0.717) is 12.5 Å². The quantitative estimate of drug-likeness (QED) is 0.741. The van der Waals surface area contributed by atoms with Crippen LogP contribution in [0.3, 0.4) is 0 Å². The highest BCUT2D eigenvalue weighted by Crippen LogP contribution is 2.06. The number of benzene rings is 1. The van der Waals surface area contributed by atoms with Gasteiger partial charge in [0.1, 0.15) is 0 Å². The van der Waals surface area contributed by atoms with Crippen molar-refractivity contribution in [1.29, 1.82) is 0 Å². The highest BCUT2D eigenvalue weighted by molar-refractivity contribution is 9.09. The van der Waals surface area contributed by atoms with Gasteiger partial charge in [-0.05, 0) is 5.56 Å². The maximum atomic E-state index is 5.68. The minimum absolute atomic E-state index is 0.0990. The molecule has 0 aliphatic rings. The van der Waals surface area contributed by atoms with Crippen LogP contribution in [0.2, 0.25) is 0 Å². The Morgan fingerprint density at radius 2 is 2.00 bits per heavy atom. The molecule has 0 amide bonds. The van der Waals surface area contributed by atoms with Crippen molar-refractivity contribution in [2.45, 2.75) is 12.7 Å². The molecule has 3 heteroatoms. The number of hydrogen-bond donors (Lipinski definition) is 0. The van der Waals surface area contributed by atoms with Crippen LogP contribution in [0.1, 0.15) is 5.56 Å². The van der Waals surface area contributed by atoms with Crippen molar-refractivity contribution in [3.8, 4) is 0 Å². The van der Waals surface area contributed by atoms with E-state index in [0.717, 1.165) is 5.33 Å². The van der Waals surface area contributed by atoms with Crippen LogP contribution in [0, 0.1) is 0 Å². The Balaban J connectivity index is 2.34. The standard InChI is InChI=1S/C10H12BrClO/c11-6-10(7-12)13-8-9-4-2-1-3-5-9/h1-5,10H,6-8H2/t10-/m0/s1. The van der Waals surface area contributed by atoms with Crippen LogP contribution in [0.25, 0.3) is 0 Å². The molecule has 0 spiro atoms. The molecule has 1 nitrogen and oxygen atoms in total. The van der Waals surface area contributed by atoms with Gasteiger partial charge >= 0.3 is 0 Å². The van der Waals surface area contributed by atoms with Gasteiger partial charge in [0.05, 0.1) is 12.7 Å². The molecule has 0 aliphatic heterocycles. The van der Waals surface area contributed by atoms with Crippen LogP contribution < -0.4 is 0 Å². The van der Waals surface area contributed by atoms with E-state index in [1.807, 2.05) is 30.3 Å². The van der Waals surface area contributed by atoms with Gasteiger partial charge in [-0.15, -0.1) is 11.6 Å². The van der Waals surface area contributed by atoms with E-state index < -0.39 is 0 Å². The third-order valence-electron chi connectivity index (χ3n) is 1.67. The Bertz CT molecular complexity index is 224. The van der Waals surface area contributed by atoms with E-state index in [1.165, 1.54) is 5.56 Å². The maximum Gasteiger partial charge on any atom is 0.0811 e. The first-order chi connectivity index (χ1) is 6.36. The summed E-state index contributed by atoms with van der Waals surface area (Å²) in [5, 5.41) is 0.781. The number of hydrogen-bond acceptors (Lipinski definition) is 1. The molecule has 1 rings (SSSR count). The number of ether oxygens (including phenoxy) is 1. The van der Waals surface area contributed by atoms with Gasteiger partial charge in [0.25, 0.3) is 0 Å². The van der Waals surface area contributed by atoms with E-state index in [2.05, 4.69) is 15.9 Å².